The van der Waals surface area contributed by atoms with E-state index in [-0.39, 0.29) is 0 Å². The third-order valence-electron chi connectivity index (χ3n) is 9.63. The highest BCUT2D eigenvalue weighted by molar-refractivity contribution is 6.12. The summed E-state index contributed by atoms with van der Waals surface area (Å²) in [5, 5.41) is 34.0. The van der Waals surface area contributed by atoms with Crippen molar-refractivity contribution in [1.82, 2.24) is 9.13 Å². The van der Waals surface area contributed by atoms with Crippen LogP contribution in [0.4, 0.5) is 0 Å². The molecule has 2 heterocycles. The average Bonchev–Trinajstić information content (AvgIpc) is 3.70. The van der Waals surface area contributed by atoms with Gasteiger partial charge >= 0.3 is 0 Å². The topological polar surface area (TPSA) is 81.2 Å². The van der Waals surface area contributed by atoms with E-state index in [1.54, 1.807) is 0 Å². The van der Waals surface area contributed by atoms with Crippen molar-refractivity contribution in [2.75, 3.05) is 0 Å². The molecule has 0 N–H and O–H groups in total. The Hall–Kier alpha value is -7.39. The predicted molar refractivity (Wildman–Crippen MR) is 200 cm³/mol. The van der Waals surface area contributed by atoms with E-state index in [0.717, 1.165) is 66.5 Å². The molecule has 0 amide bonds. The Morgan fingerprint density at radius 2 is 1.06 bits per heavy atom. The Morgan fingerprint density at radius 3 is 1.82 bits per heavy atom. The molecular formula is C45H25N5. The fraction of sp³-hybridized carbons (Fsp3) is 0. The third kappa shape index (κ3) is 4.31. The lowest BCUT2D eigenvalue weighted by Gasteiger charge is -2.16. The lowest BCUT2D eigenvalue weighted by Crippen LogP contribution is -1.98. The quantitative estimate of drug-likeness (QED) is 0.193. The van der Waals surface area contributed by atoms with Crippen molar-refractivity contribution in [2.45, 2.75) is 0 Å². The minimum atomic E-state index is 0.546. The van der Waals surface area contributed by atoms with E-state index in [0.29, 0.717) is 16.7 Å². The highest BCUT2D eigenvalue weighted by Crippen LogP contribution is 2.39. The molecule has 0 aliphatic heterocycles. The molecule has 0 aliphatic rings. The van der Waals surface area contributed by atoms with Crippen LogP contribution in [0.5, 0.6) is 0 Å². The zero-order valence-corrected chi connectivity index (χ0v) is 26.7. The molecule has 5 nitrogen and oxygen atoms in total. The van der Waals surface area contributed by atoms with Crippen LogP contribution in [-0.4, -0.2) is 9.13 Å². The Kier molecular flexibility index (Phi) is 6.56. The Bertz CT molecular complexity index is 2920. The van der Waals surface area contributed by atoms with Gasteiger partial charge in [0.2, 0.25) is 0 Å². The van der Waals surface area contributed by atoms with Gasteiger partial charge in [-0.05, 0) is 83.9 Å². The molecule has 0 saturated heterocycles. The van der Waals surface area contributed by atoms with E-state index in [1.807, 2.05) is 66.7 Å². The van der Waals surface area contributed by atoms with Crippen molar-refractivity contribution >= 4 is 43.6 Å². The minimum absolute atomic E-state index is 0.546. The maximum absolute atomic E-state index is 10.4. The molecule has 7 aromatic carbocycles. The van der Waals surface area contributed by atoms with Gasteiger partial charge in [0.1, 0.15) is 0 Å². The summed E-state index contributed by atoms with van der Waals surface area (Å²) in [6.45, 7) is 0. The number of benzene rings is 7. The van der Waals surface area contributed by atoms with Gasteiger partial charge in [0.15, 0.2) is 0 Å². The Balaban J connectivity index is 1.24. The standard InChI is InChI=1S/C45H25N5/c46-26-29-19-22-43-39(23-29)45-33(28-48)10-8-18-44(45)49(43)34-11-7-9-30(24-34)31-20-21-32(27-47)38(25-31)37-14-3-6-17-42(37)50-40-15-4-1-12-35(40)36-13-2-5-16-41(36)50/h1-25H. The molecule has 0 unspecified atom stereocenters. The van der Waals surface area contributed by atoms with Crippen LogP contribution in [0.2, 0.25) is 0 Å². The van der Waals surface area contributed by atoms with Crippen LogP contribution < -0.4 is 0 Å². The third-order valence-corrected chi connectivity index (χ3v) is 9.63. The number of aromatic nitrogens is 2. The zero-order chi connectivity index (χ0) is 33.8. The van der Waals surface area contributed by atoms with Gasteiger partial charge in [-0.1, -0.05) is 78.9 Å². The summed E-state index contributed by atoms with van der Waals surface area (Å²) in [6, 6.07) is 57.9. The van der Waals surface area contributed by atoms with E-state index in [4.69, 9.17) is 0 Å². The van der Waals surface area contributed by atoms with Crippen LogP contribution in [0.25, 0.3) is 77.2 Å². The average molecular weight is 636 g/mol. The van der Waals surface area contributed by atoms with E-state index in [9.17, 15) is 15.8 Å². The molecular weight excluding hydrogens is 611 g/mol. The first-order valence-electron chi connectivity index (χ1n) is 16.3. The highest BCUT2D eigenvalue weighted by Gasteiger charge is 2.19. The number of hydrogen-bond donors (Lipinski definition) is 0. The molecule has 9 rings (SSSR count). The monoisotopic (exact) mass is 635 g/mol. The predicted octanol–water partition coefficient (Wildman–Crippen LogP) is 10.8. The van der Waals surface area contributed by atoms with E-state index >= 15 is 0 Å². The number of para-hydroxylation sites is 3. The number of nitriles is 3. The van der Waals surface area contributed by atoms with Crippen molar-refractivity contribution in [3.05, 3.63) is 168 Å². The molecule has 0 saturated carbocycles. The molecule has 0 radical (unpaired) electrons. The number of hydrogen-bond acceptors (Lipinski definition) is 3. The molecule has 50 heavy (non-hydrogen) atoms. The fourth-order valence-electron chi connectivity index (χ4n) is 7.46. The van der Waals surface area contributed by atoms with Gasteiger partial charge in [0, 0.05) is 38.4 Å². The highest BCUT2D eigenvalue weighted by atomic mass is 15.0. The lowest BCUT2D eigenvalue weighted by molar-refractivity contribution is 1.18. The molecule has 230 valence electrons. The summed E-state index contributed by atoms with van der Waals surface area (Å²) >= 11 is 0. The summed E-state index contributed by atoms with van der Waals surface area (Å²) in [7, 11) is 0. The molecule has 0 aliphatic carbocycles. The molecule has 0 atom stereocenters. The molecule has 0 fully saturated rings. The van der Waals surface area contributed by atoms with Gasteiger partial charge in [-0.15, -0.1) is 0 Å². The number of rotatable bonds is 4. The second-order valence-electron chi connectivity index (χ2n) is 12.3. The normalized spacial score (nSPS) is 11.1. The van der Waals surface area contributed by atoms with Crippen LogP contribution in [0.3, 0.4) is 0 Å². The maximum atomic E-state index is 10.4. The van der Waals surface area contributed by atoms with Crippen molar-refractivity contribution < 1.29 is 0 Å². The Morgan fingerprint density at radius 1 is 0.400 bits per heavy atom. The van der Waals surface area contributed by atoms with E-state index in [2.05, 4.69) is 112 Å². The van der Waals surface area contributed by atoms with Crippen LogP contribution in [-0.2, 0) is 0 Å². The van der Waals surface area contributed by atoms with Gasteiger partial charge < -0.3 is 9.13 Å². The first kappa shape index (κ1) is 28.8. The van der Waals surface area contributed by atoms with E-state index in [1.165, 1.54) is 10.8 Å². The summed E-state index contributed by atoms with van der Waals surface area (Å²) in [4.78, 5) is 0. The van der Waals surface area contributed by atoms with Crippen molar-refractivity contribution in [3.8, 4) is 51.8 Å². The first-order chi connectivity index (χ1) is 24.7. The molecule has 2 aromatic heterocycles. The van der Waals surface area contributed by atoms with Gasteiger partial charge in [-0.3, -0.25) is 0 Å². The van der Waals surface area contributed by atoms with Gasteiger partial charge in [0.25, 0.3) is 0 Å². The largest absolute Gasteiger partial charge is 0.309 e. The van der Waals surface area contributed by atoms with Gasteiger partial charge in [-0.25, -0.2) is 0 Å². The van der Waals surface area contributed by atoms with Crippen LogP contribution >= 0.6 is 0 Å². The minimum Gasteiger partial charge on any atom is -0.309 e. The second-order valence-corrected chi connectivity index (χ2v) is 12.3. The molecule has 0 bridgehead atoms. The van der Waals surface area contributed by atoms with Crippen LogP contribution in [0.15, 0.2) is 152 Å². The van der Waals surface area contributed by atoms with Crippen molar-refractivity contribution in [1.29, 1.82) is 15.8 Å². The second kappa shape index (κ2) is 11.4. The summed E-state index contributed by atoms with van der Waals surface area (Å²) in [5.74, 6) is 0. The lowest BCUT2D eigenvalue weighted by atomic mass is 9.93. The van der Waals surface area contributed by atoms with Crippen LogP contribution in [0, 0.1) is 34.0 Å². The first-order valence-corrected chi connectivity index (χ1v) is 16.3. The van der Waals surface area contributed by atoms with Crippen molar-refractivity contribution in [3.63, 3.8) is 0 Å². The number of fused-ring (bicyclic) bond motifs is 6. The summed E-state index contributed by atoms with van der Waals surface area (Å²) in [5.41, 5.74) is 11.4. The SMILES string of the molecule is N#Cc1ccc2c(c1)c1c(C#N)cccc1n2-c1cccc(-c2ccc(C#N)c(-c3ccccc3-n3c4ccccc4c4ccccc43)c2)c1. The smallest absolute Gasteiger partial charge is 0.0998 e. The Labute approximate surface area is 287 Å². The molecule has 9 aromatic rings. The van der Waals surface area contributed by atoms with E-state index < -0.39 is 0 Å². The van der Waals surface area contributed by atoms with Crippen LogP contribution in [0.1, 0.15) is 16.7 Å². The van der Waals surface area contributed by atoms with Gasteiger partial charge in [-0.2, -0.15) is 15.8 Å². The summed E-state index contributed by atoms with van der Waals surface area (Å²) < 4.78 is 4.45. The molecule has 5 heteroatoms. The maximum Gasteiger partial charge on any atom is 0.0998 e. The number of nitrogens with zero attached hydrogens (tertiary/aromatic N) is 5. The van der Waals surface area contributed by atoms with Crippen molar-refractivity contribution in [2.24, 2.45) is 0 Å². The fourth-order valence-corrected chi connectivity index (χ4v) is 7.46. The molecule has 0 spiro atoms. The summed E-state index contributed by atoms with van der Waals surface area (Å²) in [6.07, 6.45) is 0. The zero-order valence-electron chi connectivity index (χ0n) is 26.7. The van der Waals surface area contributed by atoms with Gasteiger partial charge in [0.05, 0.1) is 62.7 Å².